The van der Waals surface area contributed by atoms with Gasteiger partial charge in [-0.3, -0.25) is 9.89 Å². The van der Waals surface area contributed by atoms with E-state index < -0.39 is 0 Å². The van der Waals surface area contributed by atoms with E-state index in [0.29, 0.717) is 13.2 Å². The van der Waals surface area contributed by atoms with Crippen LogP contribution >= 0.6 is 0 Å². The van der Waals surface area contributed by atoms with Gasteiger partial charge in [0, 0.05) is 49.9 Å². The molecule has 0 saturated carbocycles. The van der Waals surface area contributed by atoms with E-state index in [4.69, 9.17) is 14.5 Å². The third-order valence-electron chi connectivity index (χ3n) is 5.44. The zero-order chi connectivity index (χ0) is 20.1. The summed E-state index contributed by atoms with van der Waals surface area (Å²) in [6, 6.07) is 6.15. The molecular weight excluding hydrogens is 364 g/mol. The van der Waals surface area contributed by atoms with Crippen molar-refractivity contribution in [2.45, 2.75) is 52.6 Å². The second-order valence-corrected chi connectivity index (χ2v) is 7.52. The van der Waals surface area contributed by atoms with E-state index >= 15 is 0 Å². The summed E-state index contributed by atoms with van der Waals surface area (Å²) in [5.41, 5.74) is 4.63. The highest BCUT2D eigenvalue weighted by atomic mass is 16.5. The van der Waals surface area contributed by atoms with Crippen LogP contribution in [-0.4, -0.2) is 46.9 Å². The molecule has 154 valence electrons. The van der Waals surface area contributed by atoms with Crippen LogP contribution in [0.4, 0.5) is 0 Å². The van der Waals surface area contributed by atoms with Crippen LogP contribution in [0, 0.1) is 0 Å². The van der Waals surface area contributed by atoms with Crippen LogP contribution in [0.25, 0.3) is 0 Å². The third kappa shape index (κ3) is 4.58. The van der Waals surface area contributed by atoms with Gasteiger partial charge in [-0.25, -0.2) is 9.97 Å². The van der Waals surface area contributed by atoms with E-state index in [-0.39, 0.29) is 0 Å². The molecule has 3 heterocycles. The Morgan fingerprint density at radius 2 is 1.97 bits per heavy atom. The maximum Gasteiger partial charge on any atom is 0.173 e. The summed E-state index contributed by atoms with van der Waals surface area (Å²) in [7, 11) is 0. The molecule has 0 amide bonds. The Kier molecular flexibility index (Phi) is 6.39. The molecule has 6 heteroatoms. The normalized spacial score (nSPS) is 16.8. The topological polar surface area (TPSA) is 59.8 Å². The van der Waals surface area contributed by atoms with E-state index in [1.807, 2.05) is 32.2 Å². The summed E-state index contributed by atoms with van der Waals surface area (Å²) in [4.78, 5) is 16.5. The number of rotatable bonds is 7. The van der Waals surface area contributed by atoms with Gasteiger partial charge in [-0.2, -0.15) is 0 Å². The van der Waals surface area contributed by atoms with Crippen molar-refractivity contribution in [3.05, 3.63) is 47.0 Å². The van der Waals surface area contributed by atoms with Crippen molar-refractivity contribution in [3.8, 4) is 11.5 Å². The van der Waals surface area contributed by atoms with Crippen molar-refractivity contribution in [3.63, 3.8) is 0 Å². The SMILES string of the molecule is CCOc1cccc(CN2CCc3nc(C4=NCCCC4)ncc3C2)c1OCC. The van der Waals surface area contributed by atoms with Crippen LogP contribution in [0.3, 0.4) is 0 Å². The molecule has 2 aliphatic rings. The van der Waals surface area contributed by atoms with Gasteiger partial charge in [0.15, 0.2) is 17.3 Å². The highest BCUT2D eigenvalue weighted by Gasteiger charge is 2.22. The predicted octanol–water partition coefficient (Wildman–Crippen LogP) is 3.81. The van der Waals surface area contributed by atoms with Gasteiger partial charge in [0.2, 0.25) is 0 Å². The number of ether oxygens (including phenoxy) is 2. The van der Waals surface area contributed by atoms with Crippen molar-refractivity contribution in [2.75, 3.05) is 26.3 Å². The standard InChI is InChI=1S/C23H30N4O2/c1-3-28-21-10-7-8-17(22(21)29-4-2)15-27-13-11-19-18(16-27)14-25-23(26-19)20-9-5-6-12-24-20/h7-8,10,14H,3-6,9,11-13,15-16H2,1-2H3. The molecule has 2 aliphatic heterocycles. The van der Waals surface area contributed by atoms with Crippen LogP contribution in [0.15, 0.2) is 29.4 Å². The lowest BCUT2D eigenvalue weighted by Gasteiger charge is -2.29. The lowest BCUT2D eigenvalue weighted by molar-refractivity contribution is 0.232. The molecule has 0 N–H and O–H groups in total. The van der Waals surface area contributed by atoms with Crippen LogP contribution in [0.2, 0.25) is 0 Å². The summed E-state index contributed by atoms with van der Waals surface area (Å²) < 4.78 is 11.7. The monoisotopic (exact) mass is 394 g/mol. The first-order valence-electron chi connectivity index (χ1n) is 10.8. The number of aliphatic imine (C=N–C) groups is 1. The Bertz CT molecular complexity index is 881. The molecule has 0 fully saturated rings. The first-order chi connectivity index (χ1) is 14.3. The van der Waals surface area contributed by atoms with Crippen molar-refractivity contribution in [1.29, 1.82) is 0 Å². The molecule has 1 aromatic heterocycles. The van der Waals surface area contributed by atoms with Gasteiger partial charge < -0.3 is 9.47 Å². The smallest absolute Gasteiger partial charge is 0.173 e. The van der Waals surface area contributed by atoms with Crippen molar-refractivity contribution < 1.29 is 9.47 Å². The summed E-state index contributed by atoms with van der Waals surface area (Å²) in [6.45, 7) is 8.82. The van der Waals surface area contributed by atoms with Gasteiger partial charge >= 0.3 is 0 Å². The molecule has 0 spiro atoms. The third-order valence-corrected chi connectivity index (χ3v) is 5.44. The Morgan fingerprint density at radius 1 is 1.07 bits per heavy atom. The second kappa shape index (κ2) is 9.35. The van der Waals surface area contributed by atoms with Crippen LogP contribution in [-0.2, 0) is 19.5 Å². The zero-order valence-corrected chi connectivity index (χ0v) is 17.5. The molecule has 0 aliphatic carbocycles. The minimum Gasteiger partial charge on any atom is -0.490 e. The Hall–Kier alpha value is -2.47. The summed E-state index contributed by atoms with van der Waals surface area (Å²) in [6.07, 6.45) is 6.31. The fourth-order valence-electron chi connectivity index (χ4n) is 4.03. The average Bonchev–Trinajstić information content (AvgIpc) is 2.76. The number of hydrogen-bond acceptors (Lipinski definition) is 6. The molecule has 2 aromatic rings. The van der Waals surface area contributed by atoms with E-state index in [1.165, 1.54) is 24.1 Å². The van der Waals surface area contributed by atoms with Gasteiger partial charge in [-0.1, -0.05) is 12.1 Å². The van der Waals surface area contributed by atoms with Crippen LogP contribution < -0.4 is 9.47 Å². The molecule has 0 atom stereocenters. The lowest BCUT2D eigenvalue weighted by Crippen LogP contribution is -2.31. The van der Waals surface area contributed by atoms with Crippen molar-refractivity contribution >= 4 is 5.71 Å². The number of aromatic nitrogens is 2. The highest BCUT2D eigenvalue weighted by molar-refractivity contribution is 5.97. The van der Waals surface area contributed by atoms with Gasteiger partial charge in [0.25, 0.3) is 0 Å². The Labute approximate surface area is 173 Å². The zero-order valence-electron chi connectivity index (χ0n) is 17.5. The number of nitrogens with zero attached hydrogens (tertiary/aromatic N) is 4. The number of hydrogen-bond donors (Lipinski definition) is 0. The van der Waals surface area contributed by atoms with E-state index in [2.05, 4.69) is 20.9 Å². The number of para-hydroxylation sites is 1. The quantitative estimate of drug-likeness (QED) is 0.715. The first-order valence-corrected chi connectivity index (χ1v) is 10.8. The molecule has 0 saturated heterocycles. The second-order valence-electron chi connectivity index (χ2n) is 7.52. The summed E-state index contributed by atoms with van der Waals surface area (Å²) in [5.74, 6) is 2.52. The summed E-state index contributed by atoms with van der Waals surface area (Å²) in [5, 5.41) is 0. The van der Waals surface area contributed by atoms with Gasteiger partial charge in [0.1, 0.15) is 0 Å². The van der Waals surface area contributed by atoms with Crippen LogP contribution in [0.5, 0.6) is 11.5 Å². The fraction of sp³-hybridized carbons (Fsp3) is 0.522. The van der Waals surface area contributed by atoms with E-state index in [1.54, 1.807) is 0 Å². The molecule has 29 heavy (non-hydrogen) atoms. The van der Waals surface area contributed by atoms with E-state index in [9.17, 15) is 0 Å². The highest BCUT2D eigenvalue weighted by Crippen LogP contribution is 2.33. The predicted molar refractivity (Wildman–Crippen MR) is 114 cm³/mol. The van der Waals surface area contributed by atoms with Crippen LogP contribution in [0.1, 0.15) is 55.8 Å². The molecular formula is C23H30N4O2. The fourth-order valence-corrected chi connectivity index (χ4v) is 4.03. The number of benzene rings is 1. The Morgan fingerprint density at radius 3 is 2.76 bits per heavy atom. The summed E-state index contributed by atoms with van der Waals surface area (Å²) >= 11 is 0. The van der Waals surface area contributed by atoms with E-state index in [0.717, 1.165) is 67.6 Å². The minimum absolute atomic E-state index is 0.625. The first kappa shape index (κ1) is 19.8. The van der Waals surface area contributed by atoms with Crippen molar-refractivity contribution in [2.24, 2.45) is 4.99 Å². The largest absolute Gasteiger partial charge is 0.490 e. The molecule has 4 rings (SSSR count). The molecule has 0 bridgehead atoms. The lowest BCUT2D eigenvalue weighted by atomic mass is 10.0. The number of fused-ring (bicyclic) bond motifs is 1. The molecule has 6 nitrogen and oxygen atoms in total. The van der Waals surface area contributed by atoms with Gasteiger partial charge in [-0.15, -0.1) is 0 Å². The molecule has 1 aromatic carbocycles. The minimum atomic E-state index is 0.625. The van der Waals surface area contributed by atoms with Gasteiger partial charge in [-0.05, 0) is 39.2 Å². The maximum absolute atomic E-state index is 5.93. The van der Waals surface area contributed by atoms with Gasteiger partial charge in [0.05, 0.1) is 24.6 Å². The average molecular weight is 395 g/mol. The molecule has 0 unspecified atom stereocenters. The molecule has 0 radical (unpaired) electrons. The maximum atomic E-state index is 5.93. The Balaban J connectivity index is 1.49. The van der Waals surface area contributed by atoms with Crippen molar-refractivity contribution in [1.82, 2.24) is 14.9 Å².